The Morgan fingerprint density at radius 1 is 1.47 bits per heavy atom. The lowest BCUT2D eigenvalue weighted by Gasteiger charge is -2.29. The summed E-state index contributed by atoms with van der Waals surface area (Å²) in [6, 6.07) is 0. The summed E-state index contributed by atoms with van der Waals surface area (Å²) in [4.78, 5) is 23.7. The maximum absolute atomic E-state index is 11.3. The molecule has 0 spiro atoms. The van der Waals surface area contributed by atoms with Crippen molar-refractivity contribution in [3.63, 3.8) is 0 Å². The van der Waals surface area contributed by atoms with E-state index in [0.717, 1.165) is 19.4 Å². The molecule has 1 aliphatic rings. The molecular formula is C9H17N3O3. The maximum Gasteiger partial charge on any atom is 0.252 e. The number of carbonyl (C=O) groups is 2. The molecule has 0 aliphatic carbocycles. The first kappa shape index (κ1) is 11.9. The van der Waals surface area contributed by atoms with Gasteiger partial charge in [-0.25, -0.2) is 0 Å². The highest BCUT2D eigenvalue weighted by atomic mass is 16.3. The van der Waals surface area contributed by atoms with Crippen molar-refractivity contribution in [1.82, 2.24) is 15.8 Å². The van der Waals surface area contributed by atoms with Gasteiger partial charge in [0.15, 0.2) is 0 Å². The minimum absolute atomic E-state index is 0.206. The van der Waals surface area contributed by atoms with Gasteiger partial charge in [-0.2, -0.15) is 0 Å². The number of nitrogens with zero attached hydrogens (tertiary/aromatic N) is 1. The van der Waals surface area contributed by atoms with Gasteiger partial charge in [0, 0.05) is 13.5 Å². The smallest absolute Gasteiger partial charge is 0.252 e. The Labute approximate surface area is 88.6 Å². The monoisotopic (exact) mass is 215 g/mol. The van der Waals surface area contributed by atoms with E-state index >= 15 is 0 Å². The highest BCUT2D eigenvalue weighted by molar-refractivity contribution is 5.81. The van der Waals surface area contributed by atoms with Crippen molar-refractivity contribution in [2.24, 2.45) is 0 Å². The number of aliphatic hydroxyl groups is 1. The molecule has 1 aliphatic heterocycles. The number of amides is 2. The van der Waals surface area contributed by atoms with Gasteiger partial charge in [-0.05, 0) is 19.4 Å². The van der Waals surface area contributed by atoms with E-state index in [1.165, 1.54) is 6.92 Å². The molecule has 1 rings (SSSR count). The fourth-order valence-electron chi connectivity index (χ4n) is 1.58. The zero-order chi connectivity index (χ0) is 11.3. The van der Waals surface area contributed by atoms with Crippen LogP contribution in [-0.4, -0.2) is 47.6 Å². The van der Waals surface area contributed by atoms with Crippen LogP contribution in [0.25, 0.3) is 0 Å². The lowest BCUT2D eigenvalue weighted by Crippen LogP contribution is -2.48. The van der Waals surface area contributed by atoms with Gasteiger partial charge < -0.3 is 5.11 Å². The Morgan fingerprint density at radius 2 is 2.20 bits per heavy atom. The summed E-state index contributed by atoms with van der Waals surface area (Å²) in [7, 11) is 0. The van der Waals surface area contributed by atoms with Crippen LogP contribution in [0.2, 0.25) is 0 Å². The predicted octanol–water partition coefficient (Wildman–Crippen LogP) is -1.39. The second-order valence-corrected chi connectivity index (χ2v) is 3.76. The summed E-state index contributed by atoms with van der Waals surface area (Å²) in [5, 5.41) is 9.37. The van der Waals surface area contributed by atoms with Crippen LogP contribution in [0.5, 0.6) is 0 Å². The summed E-state index contributed by atoms with van der Waals surface area (Å²) < 4.78 is 0. The molecule has 0 saturated carbocycles. The normalized spacial score (nSPS) is 22.1. The second kappa shape index (κ2) is 5.67. The molecule has 2 amide bonds. The lowest BCUT2D eigenvalue weighted by atomic mass is 10.1. The largest absolute Gasteiger partial charge is 0.392 e. The van der Waals surface area contributed by atoms with E-state index in [4.69, 9.17) is 0 Å². The van der Waals surface area contributed by atoms with Crippen molar-refractivity contribution in [3.05, 3.63) is 0 Å². The minimum atomic E-state index is -0.340. The fourth-order valence-corrected chi connectivity index (χ4v) is 1.58. The van der Waals surface area contributed by atoms with Gasteiger partial charge in [-0.15, -0.1) is 0 Å². The molecule has 1 atom stereocenters. The molecule has 1 heterocycles. The van der Waals surface area contributed by atoms with Crippen LogP contribution < -0.4 is 10.9 Å². The number of aliphatic hydroxyl groups excluding tert-OH is 1. The topological polar surface area (TPSA) is 81.7 Å². The van der Waals surface area contributed by atoms with Crippen molar-refractivity contribution in [2.45, 2.75) is 25.9 Å². The zero-order valence-electron chi connectivity index (χ0n) is 8.82. The van der Waals surface area contributed by atoms with E-state index in [1.807, 2.05) is 4.90 Å². The zero-order valence-corrected chi connectivity index (χ0v) is 8.82. The van der Waals surface area contributed by atoms with Crippen molar-refractivity contribution in [1.29, 1.82) is 0 Å². The number of piperidine rings is 1. The second-order valence-electron chi connectivity index (χ2n) is 3.76. The summed E-state index contributed by atoms with van der Waals surface area (Å²) in [6.45, 7) is 2.86. The molecule has 0 unspecified atom stereocenters. The van der Waals surface area contributed by atoms with E-state index in [-0.39, 0.29) is 24.5 Å². The number of carbonyl (C=O) groups excluding carboxylic acids is 2. The Bertz CT molecular complexity index is 245. The first-order chi connectivity index (χ1) is 7.08. The molecule has 6 nitrogen and oxygen atoms in total. The first-order valence-electron chi connectivity index (χ1n) is 5.04. The Hall–Kier alpha value is -1.14. The molecule has 15 heavy (non-hydrogen) atoms. The quantitative estimate of drug-likeness (QED) is 0.495. The number of hydrogen-bond donors (Lipinski definition) is 3. The van der Waals surface area contributed by atoms with Gasteiger partial charge in [-0.3, -0.25) is 25.3 Å². The van der Waals surface area contributed by atoms with Gasteiger partial charge in [0.25, 0.3) is 5.91 Å². The molecule has 0 bridgehead atoms. The third-order valence-electron chi connectivity index (χ3n) is 2.23. The van der Waals surface area contributed by atoms with Crippen LogP contribution in [0.15, 0.2) is 0 Å². The Balaban J connectivity index is 2.22. The third kappa shape index (κ3) is 4.75. The van der Waals surface area contributed by atoms with Crippen LogP contribution in [0.1, 0.15) is 19.8 Å². The molecular weight excluding hydrogens is 198 g/mol. The minimum Gasteiger partial charge on any atom is -0.392 e. The fraction of sp³-hybridized carbons (Fsp3) is 0.778. The molecule has 0 aromatic carbocycles. The average Bonchev–Trinajstić information content (AvgIpc) is 2.15. The average molecular weight is 215 g/mol. The molecule has 3 N–H and O–H groups in total. The predicted molar refractivity (Wildman–Crippen MR) is 53.6 cm³/mol. The van der Waals surface area contributed by atoms with Gasteiger partial charge in [0.1, 0.15) is 0 Å². The number of rotatable bonds is 2. The molecule has 0 aromatic heterocycles. The van der Waals surface area contributed by atoms with Crippen LogP contribution in [-0.2, 0) is 9.59 Å². The van der Waals surface area contributed by atoms with Crippen molar-refractivity contribution in [3.8, 4) is 0 Å². The Morgan fingerprint density at radius 3 is 2.80 bits per heavy atom. The van der Waals surface area contributed by atoms with Crippen molar-refractivity contribution in [2.75, 3.05) is 19.6 Å². The highest BCUT2D eigenvalue weighted by Crippen LogP contribution is 2.08. The molecule has 0 radical (unpaired) electrons. The molecule has 1 fully saturated rings. The van der Waals surface area contributed by atoms with Gasteiger partial charge in [-0.1, -0.05) is 0 Å². The molecule has 86 valence electrons. The number of β-amino-alcohol motifs (C(OH)–C–C–N with tert-alkyl or cyclic N) is 1. The van der Waals surface area contributed by atoms with Gasteiger partial charge in [0.05, 0.1) is 12.6 Å². The number of hydrogen-bond acceptors (Lipinski definition) is 4. The van der Waals surface area contributed by atoms with Crippen LogP contribution in [0.4, 0.5) is 0 Å². The lowest BCUT2D eigenvalue weighted by molar-refractivity contribution is -0.129. The van der Waals surface area contributed by atoms with Gasteiger partial charge in [0.2, 0.25) is 5.91 Å². The Kier molecular flexibility index (Phi) is 4.51. The van der Waals surface area contributed by atoms with Crippen LogP contribution in [0.3, 0.4) is 0 Å². The van der Waals surface area contributed by atoms with E-state index in [0.29, 0.717) is 6.54 Å². The van der Waals surface area contributed by atoms with Crippen LogP contribution in [0, 0.1) is 0 Å². The number of likely N-dealkylation sites (tertiary alicyclic amines) is 1. The standard InChI is InChI=1S/C9H17N3O3/c1-7(13)10-11-9(15)6-12-4-2-3-8(14)5-12/h8,14H,2-6H2,1H3,(H,10,13)(H,11,15)/t8-/m0/s1. The molecule has 6 heteroatoms. The van der Waals surface area contributed by atoms with Gasteiger partial charge >= 0.3 is 0 Å². The highest BCUT2D eigenvalue weighted by Gasteiger charge is 2.19. The van der Waals surface area contributed by atoms with E-state index in [1.54, 1.807) is 0 Å². The van der Waals surface area contributed by atoms with Crippen molar-refractivity contribution >= 4 is 11.8 Å². The van der Waals surface area contributed by atoms with Crippen molar-refractivity contribution < 1.29 is 14.7 Å². The number of hydrazine groups is 1. The maximum atomic E-state index is 11.3. The summed E-state index contributed by atoms with van der Waals surface area (Å²) in [5.41, 5.74) is 4.50. The van der Waals surface area contributed by atoms with E-state index in [2.05, 4.69) is 10.9 Å². The number of nitrogens with one attached hydrogen (secondary N) is 2. The molecule has 0 aromatic rings. The summed E-state index contributed by atoms with van der Waals surface area (Å²) in [6.07, 6.45) is 1.35. The third-order valence-corrected chi connectivity index (χ3v) is 2.23. The first-order valence-corrected chi connectivity index (χ1v) is 5.04. The van der Waals surface area contributed by atoms with E-state index < -0.39 is 0 Å². The summed E-state index contributed by atoms with van der Waals surface area (Å²) >= 11 is 0. The van der Waals surface area contributed by atoms with E-state index in [9.17, 15) is 14.7 Å². The van der Waals surface area contributed by atoms with Crippen LogP contribution >= 0.6 is 0 Å². The SMILES string of the molecule is CC(=O)NNC(=O)CN1CCC[C@H](O)C1. The summed E-state index contributed by atoms with van der Waals surface area (Å²) in [5.74, 6) is -0.568. The molecule has 1 saturated heterocycles.